The molecule has 0 radical (unpaired) electrons. The maximum Gasteiger partial charge on any atom is 0.225 e. The molecule has 9 heteroatoms. The number of hydrogen-bond donors (Lipinski definition) is 2. The third-order valence-electron chi connectivity index (χ3n) is 6.61. The molecule has 0 unspecified atom stereocenters. The average molecular weight is 538 g/mol. The third-order valence-corrected chi connectivity index (χ3v) is 7.17. The third kappa shape index (κ3) is 6.41. The van der Waals surface area contributed by atoms with Gasteiger partial charge in [0.15, 0.2) is 0 Å². The number of aromatic nitrogens is 1. The van der Waals surface area contributed by atoms with Crippen LogP contribution in [0.2, 0.25) is 10.0 Å². The van der Waals surface area contributed by atoms with Gasteiger partial charge in [0.1, 0.15) is 11.4 Å². The van der Waals surface area contributed by atoms with E-state index in [2.05, 4.69) is 26.2 Å². The minimum atomic E-state index is -1.15. The first-order valence-electron chi connectivity index (χ1n) is 12.1. The number of carbonyl (C=O) groups excluding carboxylic acids is 1. The second-order valence-electron chi connectivity index (χ2n) is 9.38. The summed E-state index contributed by atoms with van der Waals surface area (Å²) >= 11 is 12.8. The highest BCUT2D eigenvalue weighted by Crippen LogP contribution is 2.37. The molecule has 1 aromatic heterocycles. The van der Waals surface area contributed by atoms with E-state index in [1.54, 1.807) is 44.3 Å². The van der Waals surface area contributed by atoms with E-state index in [4.69, 9.17) is 23.2 Å². The second-order valence-corrected chi connectivity index (χ2v) is 10.2. The molecule has 2 N–H and O–H groups in total. The molecule has 1 saturated heterocycles. The van der Waals surface area contributed by atoms with Crippen LogP contribution in [-0.4, -0.2) is 47.1 Å². The van der Waals surface area contributed by atoms with Crippen LogP contribution in [0.3, 0.4) is 0 Å². The van der Waals surface area contributed by atoms with Gasteiger partial charge in [-0.15, -0.1) is 0 Å². The molecule has 0 spiro atoms. The van der Waals surface area contributed by atoms with Crippen molar-refractivity contribution in [3.05, 3.63) is 87.5 Å². The fourth-order valence-electron chi connectivity index (χ4n) is 4.60. The van der Waals surface area contributed by atoms with Gasteiger partial charge < -0.3 is 15.3 Å². The van der Waals surface area contributed by atoms with E-state index < -0.39 is 5.60 Å². The number of nitriles is 1. The van der Waals surface area contributed by atoms with Gasteiger partial charge in [0.2, 0.25) is 5.91 Å². The van der Waals surface area contributed by atoms with Gasteiger partial charge in [0.05, 0.1) is 28.4 Å². The summed E-state index contributed by atoms with van der Waals surface area (Å²) < 4.78 is 0. The molecular weight excluding hydrogens is 509 g/mol. The van der Waals surface area contributed by atoms with Crippen LogP contribution in [0.25, 0.3) is 0 Å². The van der Waals surface area contributed by atoms with Crippen molar-refractivity contribution < 1.29 is 9.90 Å². The number of piperazine rings is 1. The van der Waals surface area contributed by atoms with Crippen LogP contribution in [0.1, 0.15) is 43.0 Å². The minimum absolute atomic E-state index is 0.0444. The second kappa shape index (κ2) is 11.5. The first kappa shape index (κ1) is 26.9. The summed E-state index contributed by atoms with van der Waals surface area (Å²) in [5, 5.41) is 24.5. The topological polar surface area (TPSA) is 92.5 Å². The van der Waals surface area contributed by atoms with Crippen LogP contribution in [0.4, 0.5) is 11.5 Å². The van der Waals surface area contributed by atoms with Gasteiger partial charge >= 0.3 is 0 Å². The van der Waals surface area contributed by atoms with Crippen molar-refractivity contribution in [2.45, 2.75) is 31.9 Å². The summed E-state index contributed by atoms with van der Waals surface area (Å²) in [7, 11) is 0. The highest BCUT2D eigenvalue weighted by Gasteiger charge is 2.34. The Labute approximate surface area is 227 Å². The molecule has 1 fully saturated rings. The lowest BCUT2D eigenvalue weighted by atomic mass is 9.95. The van der Waals surface area contributed by atoms with Crippen molar-refractivity contribution in [3.63, 3.8) is 0 Å². The number of β-amino-alcohol motifs (C(OH)–C–C–N with tert-alkyl or cyclic N) is 1. The zero-order chi connectivity index (χ0) is 26.6. The molecule has 4 rings (SSSR count). The highest BCUT2D eigenvalue weighted by atomic mass is 35.5. The van der Waals surface area contributed by atoms with Crippen LogP contribution in [0.5, 0.6) is 0 Å². The number of pyridine rings is 1. The number of halogens is 2. The van der Waals surface area contributed by atoms with E-state index in [1.807, 2.05) is 30.3 Å². The normalized spacial score (nSPS) is 17.6. The van der Waals surface area contributed by atoms with Gasteiger partial charge in [-0.05, 0) is 48.9 Å². The first-order chi connectivity index (χ1) is 17.7. The van der Waals surface area contributed by atoms with Gasteiger partial charge in [0.25, 0.3) is 0 Å². The largest absolute Gasteiger partial charge is 0.384 e. The number of anilines is 2. The zero-order valence-corrected chi connectivity index (χ0v) is 22.3. The number of nitrogens with zero attached hydrogens (tertiary/aromatic N) is 4. The van der Waals surface area contributed by atoms with Crippen molar-refractivity contribution in [2.75, 3.05) is 36.4 Å². The summed E-state index contributed by atoms with van der Waals surface area (Å²) in [6.45, 7) is 5.97. The number of aliphatic hydroxyl groups is 1. The van der Waals surface area contributed by atoms with Crippen LogP contribution in [-0.2, 0) is 10.4 Å². The van der Waals surface area contributed by atoms with Gasteiger partial charge in [-0.25, -0.2) is 4.98 Å². The van der Waals surface area contributed by atoms with Crippen LogP contribution in [0, 0.1) is 11.3 Å². The summed E-state index contributed by atoms with van der Waals surface area (Å²) in [6, 6.07) is 18.7. The Hall–Kier alpha value is -3.15. The highest BCUT2D eigenvalue weighted by molar-refractivity contribution is 6.33. The quantitative estimate of drug-likeness (QED) is 0.420. The Bertz CT molecular complexity index is 1290. The molecule has 1 amide bonds. The molecule has 2 heterocycles. The zero-order valence-electron chi connectivity index (χ0n) is 20.8. The predicted molar refractivity (Wildman–Crippen MR) is 147 cm³/mol. The van der Waals surface area contributed by atoms with Gasteiger partial charge in [0, 0.05) is 49.4 Å². The van der Waals surface area contributed by atoms with Gasteiger partial charge in [-0.3, -0.25) is 9.69 Å². The van der Waals surface area contributed by atoms with E-state index in [1.165, 1.54) is 0 Å². The molecule has 1 aliphatic rings. The van der Waals surface area contributed by atoms with E-state index in [9.17, 15) is 15.2 Å². The Morgan fingerprint density at radius 3 is 2.57 bits per heavy atom. The number of rotatable bonds is 7. The maximum atomic E-state index is 11.6. The standard InChI is InChI=1S/C28H29Cl2N5O2/c1-3-27(36)33-26-11-7-21(16-32-26)28(2,37)18-34-12-13-35(24-10-4-19(15-31)14-23(24)30)25(17-34)20-5-8-22(29)9-6-20/h4-11,14,16,25,37H,3,12-13,17-18H2,1-2H3,(H,32,33,36)/t25-,28+/m0/s1. The van der Waals surface area contributed by atoms with E-state index >= 15 is 0 Å². The predicted octanol–water partition coefficient (Wildman–Crippen LogP) is 5.38. The number of carbonyl (C=O) groups is 1. The van der Waals surface area contributed by atoms with E-state index in [0.717, 1.165) is 11.3 Å². The summed E-state index contributed by atoms with van der Waals surface area (Å²) in [5.74, 6) is 0.350. The van der Waals surface area contributed by atoms with Crippen molar-refractivity contribution in [3.8, 4) is 6.07 Å². The van der Waals surface area contributed by atoms with Crippen molar-refractivity contribution in [2.24, 2.45) is 0 Å². The van der Waals surface area contributed by atoms with E-state index in [0.29, 0.717) is 59.6 Å². The molecule has 0 aliphatic carbocycles. The van der Waals surface area contributed by atoms with Crippen LogP contribution in [0.15, 0.2) is 60.8 Å². The smallest absolute Gasteiger partial charge is 0.225 e. The number of hydrogen-bond acceptors (Lipinski definition) is 6. The lowest BCUT2D eigenvalue weighted by molar-refractivity contribution is -0.115. The first-order valence-corrected chi connectivity index (χ1v) is 12.9. The fourth-order valence-corrected chi connectivity index (χ4v) is 5.01. The molecule has 192 valence electrons. The minimum Gasteiger partial charge on any atom is -0.384 e. The number of benzene rings is 2. The lowest BCUT2D eigenvalue weighted by Gasteiger charge is -2.45. The molecule has 7 nitrogen and oxygen atoms in total. The Balaban J connectivity index is 1.55. The van der Waals surface area contributed by atoms with Gasteiger partial charge in [-0.2, -0.15) is 5.26 Å². The molecule has 0 bridgehead atoms. The summed E-state index contributed by atoms with van der Waals surface area (Å²) in [4.78, 5) is 20.4. The molecule has 0 saturated carbocycles. The average Bonchev–Trinajstić information content (AvgIpc) is 2.89. The molecule has 2 atom stereocenters. The lowest BCUT2D eigenvalue weighted by Crippen LogP contribution is -2.52. The Kier molecular flexibility index (Phi) is 8.35. The SMILES string of the molecule is CCC(=O)Nc1ccc([C@](C)(O)CN2CCN(c3ccc(C#N)cc3Cl)[C@H](c3ccc(Cl)cc3)C2)cn1. The van der Waals surface area contributed by atoms with E-state index in [-0.39, 0.29) is 11.9 Å². The summed E-state index contributed by atoms with van der Waals surface area (Å²) in [5.41, 5.74) is 1.97. The Morgan fingerprint density at radius 1 is 1.19 bits per heavy atom. The Morgan fingerprint density at radius 2 is 1.95 bits per heavy atom. The van der Waals surface area contributed by atoms with Crippen molar-refractivity contribution in [1.82, 2.24) is 9.88 Å². The van der Waals surface area contributed by atoms with Crippen LogP contribution >= 0.6 is 23.2 Å². The molecule has 3 aromatic rings. The van der Waals surface area contributed by atoms with Gasteiger partial charge in [-0.1, -0.05) is 48.3 Å². The fraction of sp³-hybridized carbons (Fsp3) is 0.321. The molecule has 37 heavy (non-hydrogen) atoms. The molecule has 2 aromatic carbocycles. The molecule has 1 aliphatic heterocycles. The number of nitrogens with one attached hydrogen (secondary N) is 1. The number of amides is 1. The molecular formula is C28H29Cl2N5O2. The maximum absolute atomic E-state index is 11.6. The van der Waals surface area contributed by atoms with Crippen molar-refractivity contribution in [1.29, 1.82) is 5.26 Å². The summed E-state index contributed by atoms with van der Waals surface area (Å²) in [6.07, 6.45) is 1.98. The monoisotopic (exact) mass is 537 g/mol. The van der Waals surface area contributed by atoms with Crippen LogP contribution < -0.4 is 10.2 Å². The van der Waals surface area contributed by atoms with Crippen molar-refractivity contribution >= 4 is 40.6 Å².